The highest BCUT2D eigenvalue weighted by Crippen LogP contribution is 2.23. The largest absolute Gasteiger partial charge is 0.385 e. The summed E-state index contributed by atoms with van der Waals surface area (Å²) >= 11 is 5.79. The minimum Gasteiger partial charge on any atom is -0.385 e. The molecule has 0 heterocycles. The van der Waals surface area contributed by atoms with Crippen molar-refractivity contribution in [3.05, 3.63) is 34.6 Å². The molecule has 0 bridgehead atoms. The predicted molar refractivity (Wildman–Crippen MR) is 68.9 cm³/mol. The molecule has 96 valence electrons. The van der Waals surface area contributed by atoms with Crippen LogP contribution >= 0.6 is 11.6 Å². The third kappa shape index (κ3) is 4.62. The molecule has 4 heteroatoms. The molecule has 2 nitrogen and oxygen atoms in total. The average molecular weight is 260 g/mol. The molecule has 1 rings (SSSR count). The first kappa shape index (κ1) is 14.4. The van der Waals surface area contributed by atoms with E-state index in [0.29, 0.717) is 0 Å². The Morgan fingerprint density at radius 3 is 2.82 bits per heavy atom. The van der Waals surface area contributed by atoms with E-state index in [2.05, 4.69) is 12.2 Å². The van der Waals surface area contributed by atoms with Crippen LogP contribution in [0.2, 0.25) is 5.02 Å². The fraction of sp³-hybridized carbons (Fsp3) is 0.538. The van der Waals surface area contributed by atoms with Gasteiger partial charge >= 0.3 is 0 Å². The van der Waals surface area contributed by atoms with Crippen LogP contribution in [0.15, 0.2) is 18.2 Å². The minimum atomic E-state index is -0.373. The molecule has 0 aliphatic rings. The van der Waals surface area contributed by atoms with Crippen LogP contribution in [0.3, 0.4) is 0 Å². The fourth-order valence-corrected chi connectivity index (χ4v) is 1.98. The fourth-order valence-electron chi connectivity index (χ4n) is 1.79. The summed E-state index contributed by atoms with van der Waals surface area (Å²) in [7, 11) is 1.69. The molecule has 1 aromatic carbocycles. The molecule has 1 N–H and O–H groups in total. The maximum Gasteiger partial charge on any atom is 0.141 e. The Balaban J connectivity index is 2.70. The number of halogens is 2. The Bertz CT molecular complexity index is 346. The van der Waals surface area contributed by atoms with Crippen molar-refractivity contribution in [2.24, 2.45) is 0 Å². The van der Waals surface area contributed by atoms with Gasteiger partial charge in [-0.1, -0.05) is 24.6 Å². The summed E-state index contributed by atoms with van der Waals surface area (Å²) in [5.41, 5.74) is 1.02. The van der Waals surface area contributed by atoms with Crippen LogP contribution < -0.4 is 5.32 Å². The van der Waals surface area contributed by atoms with E-state index in [0.717, 1.165) is 31.6 Å². The van der Waals surface area contributed by atoms with Crippen molar-refractivity contribution in [1.82, 2.24) is 5.32 Å². The van der Waals surface area contributed by atoms with E-state index in [1.165, 1.54) is 6.07 Å². The number of ether oxygens (including phenoxy) is 1. The number of rotatable bonds is 7. The van der Waals surface area contributed by atoms with Crippen molar-refractivity contribution in [2.75, 3.05) is 20.3 Å². The van der Waals surface area contributed by atoms with Gasteiger partial charge in [-0.2, -0.15) is 0 Å². The van der Waals surface area contributed by atoms with Crippen molar-refractivity contribution >= 4 is 11.6 Å². The van der Waals surface area contributed by atoms with Gasteiger partial charge in [0.05, 0.1) is 5.02 Å². The standard InChI is InChI=1S/C13H19ClFNO/c1-3-16-13(5-4-8-17-2)10-6-7-12(15)11(14)9-10/h6-7,9,13,16H,3-5,8H2,1-2H3. The van der Waals surface area contributed by atoms with Crippen molar-refractivity contribution < 1.29 is 9.13 Å². The molecule has 17 heavy (non-hydrogen) atoms. The summed E-state index contributed by atoms with van der Waals surface area (Å²) in [5.74, 6) is -0.373. The normalized spacial score (nSPS) is 12.7. The van der Waals surface area contributed by atoms with Gasteiger partial charge in [0.25, 0.3) is 0 Å². The van der Waals surface area contributed by atoms with Gasteiger partial charge in [-0.25, -0.2) is 4.39 Å². The molecule has 0 aromatic heterocycles. The zero-order chi connectivity index (χ0) is 12.7. The van der Waals surface area contributed by atoms with Gasteiger partial charge < -0.3 is 10.1 Å². The molecule has 0 saturated heterocycles. The van der Waals surface area contributed by atoms with E-state index < -0.39 is 0 Å². The van der Waals surface area contributed by atoms with Crippen molar-refractivity contribution in [3.63, 3.8) is 0 Å². The summed E-state index contributed by atoms with van der Waals surface area (Å²) in [4.78, 5) is 0. The Labute approximate surface area is 107 Å². The smallest absolute Gasteiger partial charge is 0.141 e. The molecule has 1 atom stereocenters. The van der Waals surface area contributed by atoms with E-state index in [4.69, 9.17) is 16.3 Å². The van der Waals surface area contributed by atoms with E-state index >= 15 is 0 Å². The molecular weight excluding hydrogens is 241 g/mol. The minimum absolute atomic E-state index is 0.178. The summed E-state index contributed by atoms with van der Waals surface area (Å²) in [6, 6.07) is 5.09. The monoisotopic (exact) mass is 259 g/mol. The predicted octanol–water partition coefficient (Wildman–Crippen LogP) is 3.56. The Kier molecular flexibility index (Phi) is 6.48. The second-order valence-corrected chi connectivity index (χ2v) is 4.33. The van der Waals surface area contributed by atoms with Gasteiger partial charge in [0.2, 0.25) is 0 Å². The van der Waals surface area contributed by atoms with Crippen molar-refractivity contribution in [3.8, 4) is 0 Å². The van der Waals surface area contributed by atoms with Crippen LogP contribution in [-0.2, 0) is 4.74 Å². The van der Waals surface area contributed by atoms with Crippen LogP contribution in [-0.4, -0.2) is 20.3 Å². The maximum atomic E-state index is 13.1. The molecular formula is C13H19ClFNO. The van der Waals surface area contributed by atoms with E-state index in [1.807, 2.05) is 0 Å². The molecule has 0 aliphatic heterocycles. The first-order valence-electron chi connectivity index (χ1n) is 5.86. The summed E-state index contributed by atoms with van der Waals surface area (Å²) in [6.07, 6.45) is 1.91. The zero-order valence-corrected chi connectivity index (χ0v) is 11.1. The number of hydrogen-bond acceptors (Lipinski definition) is 2. The molecule has 0 aliphatic carbocycles. The van der Waals surface area contributed by atoms with Crippen molar-refractivity contribution in [1.29, 1.82) is 0 Å². The van der Waals surface area contributed by atoms with Crippen LogP contribution in [0.4, 0.5) is 4.39 Å². The number of nitrogens with one attached hydrogen (secondary N) is 1. The third-order valence-electron chi connectivity index (χ3n) is 2.64. The number of benzene rings is 1. The van der Waals surface area contributed by atoms with Crippen LogP contribution in [0.5, 0.6) is 0 Å². The van der Waals surface area contributed by atoms with Gasteiger partial charge in [0, 0.05) is 19.8 Å². The number of hydrogen-bond donors (Lipinski definition) is 1. The molecule has 0 spiro atoms. The molecule has 0 fully saturated rings. The van der Waals surface area contributed by atoms with Crippen molar-refractivity contribution in [2.45, 2.75) is 25.8 Å². The molecule has 0 saturated carbocycles. The average Bonchev–Trinajstić information content (AvgIpc) is 2.32. The highest BCUT2D eigenvalue weighted by Gasteiger charge is 2.11. The highest BCUT2D eigenvalue weighted by molar-refractivity contribution is 6.30. The van der Waals surface area contributed by atoms with Crippen LogP contribution in [0, 0.1) is 5.82 Å². The summed E-state index contributed by atoms with van der Waals surface area (Å²) in [5, 5.41) is 3.55. The van der Waals surface area contributed by atoms with E-state index in [1.54, 1.807) is 19.2 Å². The second kappa shape index (κ2) is 7.64. The Morgan fingerprint density at radius 2 is 2.24 bits per heavy atom. The lowest BCUT2D eigenvalue weighted by Gasteiger charge is -2.18. The van der Waals surface area contributed by atoms with E-state index in [-0.39, 0.29) is 16.9 Å². The molecule has 1 unspecified atom stereocenters. The first-order valence-corrected chi connectivity index (χ1v) is 6.24. The molecule has 0 radical (unpaired) electrons. The Morgan fingerprint density at radius 1 is 1.47 bits per heavy atom. The summed E-state index contributed by atoms with van der Waals surface area (Å²) < 4.78 is 18.1. The zero-order valence-electron chi connectivity index (χ0n) is 10.3. The lowest BCUT2D eigenvalue weighted by Crippen LogP contribution is -2.21. The van der Waals surface area contributed by atoms with E-state index in [9.17, 15) is 4.39 Å². The van der Waals surface area contributed by atoms with Gasteiger partial charge in [0.15, 0.2) is 0 Å². The van der Waals surface area contributed by atoms with Gasteiger partial charge in [0.1, 0.15) is 5.82 Å². The second-order valence-electron chi connectivity index (χ2n) is 3.92. The van der Waals surface area contributed by atoms with Crippen LogP contribution in [0.25, 0.3) is 0 Å². The van der Waals surface area contributed by atoms with Gasteiger partial charge in [-0.3, -0.25) is 0 Å². The van der Waals surface area contributed by atoms with Gasteiger partial charge in [-0.15, -0.1) is 0 Å². The van der Waals surface area contributed by atoms with Gasteiger partial charge in [-0.05, 0) is 37.1 Å². The first-order chi connectivity index (χ1) is 8.19. The number of methoxy groups -OCH3 is 1. The highest BCUT2D eigenvalue weighted by atomic mass is 35.5. The molecule has 1 aromatic rings. The SMILES string of the molecule is CCNC(CCCOC)c1ccc(F)c(Cl)c1. The maximum absolute atomic E-state index is 13.1. The third-order valence-corrected chi connectivity index (χ3v) is 2.93. The molecule has 0 amide bonds. The lowest BCUT2D eigenvalue weighted by molar-refractivity contribution is 0.189. The summed E-state index contributed by atoms with van der Waals surface area (Å²) in [6.45, 7) is 3.65. The Hall–Kier alpha value is -0.640. The lowest BCUT2D eigenvalue weighted by atomic mass is 10.0. The van der Waals surface area contributed by atoms with Crippen LogP contribution in [0.1, 0.15) is 31.4 Å². The topological polar surface area (TPSA) is 21.3 Å². The quantitative estimate of drug-likeness (QED) is 0.756.